The van der Waals surface area contributed by atoms with Crippen LogP contribution in [-0.2, 0) is 39.4 Å². The summed E-state index contributed by atoms with van der Waals surface area (Å²) in [6.07, 6.45) is 2.85. The van der Waals surface area contributed by atoms with Gasteiger partial charge in [0.05, 0.1) is 41.7 Å². The van der Waals surface area contributed by atoms with Gasteiger partial charge in [-0.3, -0.25) is 4.79 Å². The van der Waals surface area contributed by atoms with Crippen molar-refractivity contribution in [2.75, 3.05) is 6.61 Å². The summed E-state index contributed by atoms with van der Waals surface area (Å²) in [5.41, 5.74) is 3.16. The molecule has 0 bridgehead atoms. The number of rotatable bonds is 4. The van der Waals surface area contributed by atoms with Gasteiger partial charge in [-0.1, -0.05) is 13.0 Å². The molecule has 1 N–H and O–H groups in total. The van der Waals surface area contributed by atoms with Crippen molar-refractivity contribution in [2.24, 2.45) is 0 Å². The zero-order valence-corrected chi connectivity index (χ0v) is 19.6. The van der Waals surface area contributed by atoms with Gasteiger partial charge in [0, 0.05) is 22.6 Å². The maximum Gasteiger partial charge on any atom is 0.343 e. The van der Waals surface area contributed by atoms with Gasteiger partial charge in [0.15, 0.2) is 5.60 Å². The number of ether oxygens (including phenoxy) is 2. The summed E-state index contributed by atoms with van der Waals surface area (Å²) in [7, 11) is 0. The number of hydrogen-bond acceptors (Lipinski definition) is 6. The van der Waals surface area contributed by atoms with Gasteiger partial charge in [0.2, 0.25) is 0 Å². The summed E-state index contributed by atoms with van der Waals surface area (Å²) < 4.78 is 27.8. The summed E-state index contributed by atoms with van der Waals surface area (Å²) in [5, 5.41) is 12.0. The van der Waals surface area contributed by atoms with Crippen LogP contribution in [-0.4, -0.2) is 27.2 Å². The smallest absolute Gasteiger partial charge is 0.343 e. The molecule has 1 aromatic carbocycles. The van der Waals surface area contributed by atoms with Crippen LogP contribution in [0, 0.1) is 12.7 Å². The van der Waals surface area contributed by atoms with Gasteiger partial charge in [0.1, 0.15) is 12.4 Å². The average molecular weight is 477 g/mol. The van der Waals surface area contributed by atoms with Crippen molar-refractivity contribution < 1.29 is 23.8 Å². The predicted molar refractivity (Wildman–Crippen MR) is 126 cm³/mol. The Hall–Kier alpha value is -3.36. The Balaban J connectivity index is 1.67. The van der Waals surface area contributed by atoms with E-state index < -0.39 is 11.6 Å². The maximum atomic E-state index is 14.9. The van der Waals surface area contributed by atoms with E-state index in [4.69, 9.17) is 14.5 Å². The number of carbonyl (C=O) groups excluding carboxylic acids is 1. The van der Waals surface area contributed by atoms with E-state index in [0.717, 1.165) is 22.1 Å². The number of halogens is 1. The number of pyridine rings is 2. The molecule has 0 radical (unpaired) electrons. The fourth-order valence-corrected chi connectivity index (χ4v) is 5.86. The molecule has 0 saturated heterocycles. The molecular formula is C27H25FN2O5. The molecule has 3 aliphatic rings. The molecule has 2 aliphatic heterocycles. The predicted octanol–water partition coefficient (Wildman–Crippen LogP) is 3.72. The Kier molecular flexibility index (Phi) is 4.78. The van der Waals surface area contributed by atoms with E-state index in [1.165, 1.54) is 6.07 Å². The third-order valence-electron chi connectivity index (χ3n) is 7.74. The van der Waals surface area contributed by atoms with Crippen molar-refractivity contribution in [1.29, 1.82) is 0 Å². The number of cyclic esters (lactones) is 1. The lowest BCUT2D eigenvalue weighted by molar-refractivity contribution is -0.172. The van der Waals surface area contributed by atoms with E-state index in [-0.39, 0.29) is 48.2 Å². The Bertz CT molecular complexity index is 1520. The summed E-state index contributed by atoms with van der Waals surface area (Å²) >= 11 is 0. The number of aliphatic hydroxyl groups is 1. The van der Waals surface area contributed by atoms with Crippen molar-refractivity contribution in [3.63, 3.8) is 0 Å². The lowest BCUT2D eigenvalue weighted by Crippen LogP contribution is -2.44. The maximum absolute atomic E-state index is 14.9. The standard InChI is InChI=1S/C27H25FN2O5/c1-4-8-34-21-7-6-14-13(3)18(28)10-19-22(14)23(21)15-11-30-20(24(15)29-19)9-17-16(25(30)31)12-35-26(32)27(17,33)5-2/h4,9-10,21,33H,1,5-8,11-12H2,2-3H3/t21?,27-/m0/s1. The zero-order chi connectivity index (χ0) is 24.6. The Labute approximate surface area is 200 Å². The van der Waals surface area contributed by atoms with Crippen LogP contribution in [0.2, 0.25) is 0 Å². The number of esters is 1. The summed E-state index contributed by atoms with van der Waals surface area (Å²) in [5.74, 6) is -1.09. The highest BCUT2D eigenvalue weighted by molar-refractivity contribution is 5.93. The van der Waals surface area contributed by atoms with Gasteiger partial charge in [0.25, 0.3) is 5.56 Å². The molecule has 7 nitrogen and oxygen atoms in total. The average Bonchev–Trinajstić information content (AvgIpc) is 3.22. The van der Waals surface area contributed by atoms with Crippen LogP contribution in [0.3, 0.4) is 0 Å². The number of carbonyl (C=O) groups is 1. The van der Waals surface area contributed by atoms with E-state index >= 15 is 0 Å². The van der Waals surface area contributed by atoms with E-state index in [1.807, 2.05) is 0 Å². The number of hydrogen-bond donors (Lipinski definition) is 1. The van der Waals surface area contributed by atoms with Crippen LogP contribution in [0.15, 0.2) is 29.6 Å². The van der Waals surface area contributed by atoms with Gasteiger partial charge >= 0.3 is 5.97 Å². The highest BCUT2D eigenvalue weighted by atomic mass is 19.1. The fraction of sp³-hybridized carbons (Fsp3) is 0.370. The van der Waals surface area contributed by atoms with E-state index in [2.05, 4.69) is 6.58 Å². The number of nitrogens with zero attached hydrogens (tertiary/aromatic N) is 2. The molecule has 3 aromatic rings. The van der Waals surface area contributed by atoms with Crippen molar-refractivity contribution >= 4 is 16.9 Å². The highest BCUT2D eigenvalue weighted by Gasteiger charge is 2.46. The Morgan fingerprint density at radius 2 is 2.14 bits per heavy atom. The van der Waals surface area contributed by atoms with Crippen LogP contribution in [0.25, 0.3) is 22.3 Å². The van der Waals surface area contributed by atoms with Crippen LogP contribution >= 0.6 is 0 Å². The molecule has 8 heteroatoms. The third-order valence-corrected chi connectivity index (χ3v) is 7.74. The van der Waals surface area contributed by atoms with E-state index in [1.54, 1.807) is 30.6 Å². The minimum atomic E-state index is -1.90. The number of benzene rings is 1. The third kappa shape index (κ3) is 2.87. The molecule has 0 amide bonds. The minimum Gasteiger partial charge on any atom is -0.458 e. The van der Waals surface area contributed by atoms with Crippen molar-refractivity contribution in [3.8, 4) is 11.4 Å². The van der Waals surface area contributed by atoms with Gasteiger partial charge in [-0.15, -0.1) is 6.58 Å². The van der Waals surface area contributed by atoms with E-state index in [0.29, 0.717) is 41.9 Å². The van der Waals surface area contributed by atoms with Crippen molar-refractivity contribution in [3.05, 3.63) is 74.3 Å². The first kappa shape index (κ1) is 22.1. The van der Waals surface area contributed by atoms with Crippen molar-refractivity contribution in [1.82, 2.24) is 9.55 Å². The fourth-order valence-electron chi connectivity index (χ4n) is 5.86. The molecular weight excluding hydrogens is 451 g/mol. The zero-order valence-electron chi connectivity index (χ0n) is 19.6. The van der Waals surface area contributed by atoms with Gasteiger partial charge in [-0.05, 0) is 48.9 Å². The number of aromatic nitrogens is 2. The van der Waals surface area contributed by atoms with Crippen LogP contribution in [0.1, 0.15) is 59.3 Å². The van der Waals surface area contributed by atoms with Gasteiger partial charge < -0.3 is 19.1 Å². The molecule has 35 heavy (non-hydrogen) atoms. The second-order valence-electron chi connectivity index (χ2n) is 9.46. The van der Waals surface area contributed by atoms with Crippen LogP contribution in [0.4, 0.5) is 4.39 Å². The second-order valence-corrected chi connectivity index (χ2v) is 9.46. The van der Waals surface area contributed by atoms with Gasteiger partial charge in [-0.2, -0.15) is 0 Å². The minimum absolute atomic E-state index is 0.0658. The first-order valence-corrected chi connectivity index (χ1v) is 11.8. The first-order valence-electron chi connectivity index (χ1n) is 11.8. The first-order chi connectivity index (χ1) is 16.8. The largest absolute Gasteiger partial charge is 0.458 e. The second kappa shape index (κ2) is 7.57. The molecule has 1 aliphatic carbocycles. The molecule has 2 atom stereocenters. The highest BCUT2D eigenvalue weighted by Crippen LogP contribution is 2.46. The summed E-state index contributed by atoms with van der Waals surface area (Å²) in [6, 6.07) is 3.11. The lowest BCUT2D eigenvalue weighted by atomic mass is 9.82. The number of aryl methyl sites for hydroxylation is 1. The Morgan fingerprint density at radius 1 is 1.34 bits per heavy atom. The molecule has 0 saturated carbocycles. The molecule has 6 rings (SSSR count). The normalized spacial score (nSPS) is 21.9. The van der Waals surface area contributed by atoms with E-state index in [9.17, 15) is 19.1 Å². The molecule has 180 valence electrons. The topological polar surface area (TPSA) is 90.7 Å². The molecule has 1 unspecified atom stereocenters. The molecule has 2 aromatic heterocycles. The lowest BCUT2D eigenvalue weighted by Gasteiger charge is -2.31. The van der Waals surface area contributed by atoms with Crippen molar-refractivity contribution in [2.45, 2.75) is 58.0 Å². The molecule has 4 heterocycles. The molecule has 0 fully saturated rings. The SMILES string of the molecule is C=CCOC1CCc2c(C)c(F)cc3nc4c(c1c23)Cn1c-4cc2c(c1=O)COC(=O)[C@]2(O)CC. The molecule has 0 spiro atoms. The number of fused-ring (bicyclic) bond motifs is 5. The van der Waals surface area contributed by atoms with Crippen LogP contribution < -0.4 is 5.56 Å². The monoisotopic (exact) mass is 476 g/mol. The summed E-state index contributed by atoms with van der Waals surface area (Å²) in [4.78, 5) is 30.8. The Morgan fingerprint density at radius 3 is 2.89 bits per heavy atom. The summed E-state index contributed by atoms with van der Waals surface area (Å²) in [6.45, 7) is 7.66. The van der Waals surface area contributed by atoms with Gasteiger partial charge in [-0.25, -0.2) is 14.2 Å². The quantitative estimate of drug-likeness (QED) is 0.357. The van der Waals surface area contributed by atoms with Crippen LogP contribution in [0.5, 0.6) is 0 Å².